The topological polar surface area (TPSA) is 64.6 Å². The van der Waals surface area contributed by atoms with Crippen LogP contribution < -0.4 is 16.0 Å². The van der Waals surface area contributed by atoms with Gasteiger partial charge in [0, 0.05) is 41.8 Å². The van der Waals surface area contributed by atoms with Crippen LogP contribution in [0, 0.1) is 6.92 Å². The van der Waals surface area contributed by atoms with Gasteiger partial charge >= 0.3 is 0 Å². The summed E-state index contributed by atoms with van der Waals surface area (Å²) in [6, 6.07) is 2.02. The van der Waals surface area contributed by atoms with Crippen LogP contribution in [-0.2, 0) is 6.42 Å². The van der Waals surface area contributed by atoms with E-state index in [9.17, 15) is 4.39 Å². The average Bonchev–Trinajstić information content (AvgIpc) is 2.83. The molecule has 0 fully saturated rings. The molecule has 0 amide bonds. The van der Waals surface area contributed by atoms with Gasteiger partial charge in [-0.25, -0.2) is 9.38 Å². The zero-order valence-electron chi connectivity index (χ0n) is 21.7. The van der Waals surface area contributed by atoms with Crippen LogP contribution in [0.15, 0.2) is 84.1 Å². The first-order chi connectivity index (χ1) is 16.8. The van der Waals surface area contributed by atoms with Gasteiger partial charge in [-0.3, -0.25) is 10.3 Å². The van der Waals surface area contributed by atoms with Crippen molar-refractivity contribution in [2.24, 2.45) is 4.99 Å². The van der Waals surface area contributed by atoms with Crippen LogP contribution in [0.3, 0.4) is 0 Å². The third-order valence-electron chi connectivity index (χ3n) is 5.39. The molecule has 1 heterocycles. The Balaban J connectivity index is 2.41. The van der Waals surface area contributed by atoms with E-state index in [0.717, 1.165) is 41.1 Å². The zero-order chi connectivity index (χ0) is 25.8. The molecule has 1 aliphatic carbocycles. The molecule has 0 spiro atoms. The SMILES string of the molecule is C=CCN/C(=C\C(N=C(/C=C1/C=C(c2cnc(CC)cc2C)C(F)=CC1)NC=C)NC)CN(C)C. The number of hydrogen-bond donors (Lipinski definition) is 3. The number of pyridine rings is 1. The maximum Gasteiger partial charge on any atom is 0.127 e. The number of nitrogens with zero attached hydrogens (tertiary/aromatic N) is 3. The predicted octanol–water partition coefficient (Wildman–Crippen LogP) is 4.42. The highest BCUT2D eigenvalue weighted by Gasteiger charge is 2.16. The van der Waals surface area contributed by atoms with Crippen LogP contribution in [0.5, 0.6) is 0 Å². The number of halogens is 1. The van der Waals surface area contributed by atoms with E-state index >= 15 is 0 Å². The van der Waals surface area contributed by atoms with Crippen molar-refractivity contribution in [2.45, 2.75) is 32.9 Å². The van der Waals surface area contributed by atoms with Crippen LogP contribution >= 0.6 is 0 Å². The standard InChI is InChI=1S/C28H39FN6/c1-8-13-32-23(19-35(6)7)17-27(30-5)34-28(31-10-3)16-21-11-12-26(29)24(15-21)25-18-33-22(9-2)14-20(25)4/h8,10,12,14-18,27,30,32H,1,3,9,11,13,19H2,2,4-7H3,(H,31,34)/b21-16+,23-17-. The largest absolute Gasteiger partial charge is 0.384 e. The van der Waals surface area contributed by atoms with Crippen LogP contribution in [0.4, 0.5) is 4.39 Å². The van der Waals surface area contributed by atoms with Gasteiger partial charge < -0.3 is 15.5 Å². The van der Waals surface area contributed by atoms with Crippen LogP contribution in [-0.4, -0.2) is 56.1 Å². The Morgan fingerprint density at radius 3 is 2.71 bits per heavy atom. The first kappa shape index (κ1) is 28.0. The van der Waals surface area contributed by atoms with Crippen LogP contribution in [0.1, 0.15) is 30.2 Å². The molecule has 1 aromatic heterocycles. The number of likely N-dealkylation sites (N-methyl/N-ethyl adjacent to an activating group) is 2. The van der Waals surface area contributed by atoms with Gasteiger partial charge in [-0.15, -0.1) is 6.58 Å². The van der Waals surface area contributed by atoms with E-state index in [1.54, 1.807) is 18.5 Å². The normalized spacial score (nSPS) is 16.6. The summed E-state index contributed by atoms with van der Waals surface area (Å²) in [6.07, 6.45) is 13.6. The lowest BCUT2D eigenvalue weighted by Gasteiger charge is -2.18. The van der Waals surface area contributed by atoms with Crippen LogP contribution in [0.2, 0.25) is 0 Å². The summed E-state index contributed by atoms with van der Waals surface area (Å²) < 4.78 is 14.8. The molecule has 0 aromatic carbocycles. The lowest BCUT2D eigenvalue weighted by Crippen LogP contribution is -2.30. The summed E-state index contributed by atoms with van der Waals surface area (Å²) in [6.45, 7) is 13.0. The molecule has 7 heteroatoms. The molecule has 35 heavy (non-hydrogen) atoms. The zero-order valence-corrected chi connectivity index (χ0v) is 21.7. The van der Waals surface area contributed by atoms with E-state index in [-0.39, 0.29) is 12.0 Å². The molecule has 0 saturated carbocycles. The summed E-state index contributed by atoms with van der Waals surface area (Å²) in [4.78, 5) is 11.4. The Labute approximate surface area is 209 Å². The number of rotatable bonds is 12. The summed E-state index contributed by atoms with van der Waals surface area (Å²) >= 11 is 0. The van der Waals surface area contributed by atoms with Crippen molar-refractivity contribution in [3.63, 3.8) is 0 Å². The quantitative estimate of drug-likeness (QED) is 0.236. The predicted molar refractivity (Wildman–Crippen MR) is 147 cm³/mol. The molecule has 6 nitrogen and oxygen atoms in total. The molecule has 2 rings (SSSR count). The van der Waals surface area contributed by atoms with E-state index in [1.165, 1.54) is 0 Å². The Morgan fingerprint density at radius 2 is 2.11 bits per heavy atom. The van der Waals surface area contributed by atoms with E-state index in [2.05, 4.69) is 45.9 Å². The highest BCUT2D eigenvalue weighted by atomic mass is 19.1. The summed E-state index contributed by atoms with van der Waals surface area (Å²) in [5, 5.41) is 9.70. The third-order valence-corrected chi connectivity index (χ3v) is 5.39. The van der Waals surface area contributed by atoms with Crippen LogP contribution in [0.25, 0.3) is 5.57 Å². The van der Waals surface area contributed by atoms with Crippen molar-refractivity contribution in [1.82, 2.24) is 25.8 Å². The van der Waals surface area contributed by atoms with Gasteiger partial charge in [0.25, 0.3) is 0 Å². The molecule has 0 bridgehead atoms. The molecule has 1 aromatic rings. The number of nitrogens with one attached hydrogen (secondary N) is 3. The van der Waals surface area contributed by atoms with Crippen molar-refractivity contribution in [3.8, 4) is 0 Å². The summed E-state index contributed by atoms with van der Waals surface area (Å²) in [7, 11) is 5.89. The highest BCUT2D eigenvalue weighted by molar-refractivity contribution is 5.96. The van der Waals surface area contributed by atoms with Crippen molar-refractivity contribution in [2.75, 3.05) is 34.2 Å². The molecule has 0 radical (unpaired) electrons. The van der Waals surface area contributed by atoms with Gasteiger partial charge in [0.15, 0.2) is 0 Å². The first-order valence-corrected chi connectivity index (χ1v) is 11.9. The lowest BCUT2D eigenvalue weighted by molar-refractivity contribution is 0.432. The fourth-order valence-corrected chi connectivity index (χ4v) is 3.66. The Bertz CT molecular complexity index is 1050. The van der Waals surface area contributed by atoms with Crippen molar-refractivity contribution in [3.05, 3.63) is 95.9 Å². The molecule has 188 valence electrons. The van der Waals surface area contributed by atoms with E-state index < -0.39 is 0 Å². The molecule has 1 aliphatic rings. The minimum absolute atomic E-state index is 0.232. The highest BCUT2D eigenvalue weighted by Crippen LogP contribution is 2.33. The monoisotopic (exact) mass is 478 g/mol. The molecular weight excluding hydrogens is 439 g/mol. The first-order valence-electron chi connectivity index (χ1n) is 11.9. The number of aryl methyl sites for hydroxylation is 2. The molecule has 0 saturated heterocycles. The molecule has 1 atom stereocenters. The minimum Gasteiger partial charge on any atom is -0.384 e. The second-order valence-electron chi connectivity index (χ2n) is 8.57. The maximum absolute atomic E-state index is 14.8. The van der Waals surface area contributed by atoms with Gasteiger partial charge in [0.2, 0.25) is 0 Å². The average molecular weight is 479 g/mol. The fraction of sp³-hybridized carbons (Fsp3) is 0.357. The van der Waals surface area contributed by atoms with E-state index in [1.807, 2.05) is 58.4 Å². The van der Waals surface area contributed by atoms with E-state index in [4.69, 9.17) is 4.99 Å². The molecular formula is C28H39FN6. The molecule has 0 aliphatic heterocycles. The number of aromatic nitrogens is 1. The lowest BCUT2D eigenvalue weighted by atomic mass is 9.93. The minimum atomic E-state index is -0.283. The summed E-state index contributed by atoms with van der Waals surface area (Å²) in [5.74, 6) is 0.394. The van der Waals surface area contributed by atoms with Gasteiger partial charge in [0.1, 0.15) is 17.8 Å². The Hall–Kier alpha value is -3.29. The smallest absolute Gasteiger partial charge is 0.127 e. The van der Waals surface area contributed by atoms with Gasteiger partial charge in [-0.2, -0.15) is 0 Å². The number of aliphatic imine (C=N–C) groups is 1. The van der Waals surface area contributed by atoms with Crippen molar-refractivity contribution >= 4 is 11.4 Å². The molecule has 1 unspecified atom stereocenters. The second kappa shape index (κ2) is 14.2. The number of amidine groups is 1. The van der Waals surface area contributed by atoms with Crippen molar-refractivity contribution < 1.29 is 4.39 Å². The van der Waals surface area contributed by atoms with E-state index in [0.29, 0.717) is 24.4 Å². The van der Waals surface area contributed by atoms with Crippen molar-refractivity contribution in [1.29, 1.82) is 0 Å². The summed E-state index contributed by atoms with van der Waals surface area (Å²) in [5.41, 5.74) is 5.31. The Morgan fingerprint density at radius 1 is 1.34 bits per heavy atom. The third kappa shape index (κ3) is 8.77. The fourth-order valence-electron chi connectivity index (χ4n) is 3.66. The maximum atomic E-state index is 14.8. The van der Waals surface area contributed by atoms with Gasteiger partial charge in [-0.05, 0) is 88.6 Å². The Kier molecular flexibility index (Phi) is 11.3. The second-order valence-corrected chi connectivity index (χ2v) is 8.57. The van der Waals surface area contributed by atoms with Gasteiger partial charge in [-0.1, -0.05) is 19.6 Å². The number of allylic oxidation sites excluding steroid dienone is 5. The molecule has 3 N–H and O–H groups in total. The number of hydrogen-bond acceptors (Lipinski definition) is 5. The van der Waals surface area contributed by atoms with Gasteiger partial charge in [0.05, 0.1) is 0 Å².